The fraction of sp³-hybridized carbons (Fsp3) is 0.857. The lowest BCUT2D eigenvalue weighted by Crippen LogP contribution is -2.20. The lowest BCUT2D eigenvalue weighted by atomic mass is 10.5. The fourth-order valence-electron chi connectivity index (χ4n) is 0.565. The molecule has 72 valence electrons. The summed E-state index contributed by atoms with van der Waals surface area (Å²) in [4.78, 5) is 10.5. The first-order chi connectivity index (χ1) is 5.81. The number of amides is 1. The van der Waals surface area contributed by atoms with E-state index in [1.807, 2.05) is 0 Å². The molecule has 2 N–H and O–H groups in total. The van der Waals surface area contributed by atoms with Crippen molar-refractivity contribution >= 4 is 6.09 Å². The van der Waals surface area contributed by atoms with E-state index >= 15 is 0 Å². The van der Waals surface area contributed by atoms with Gasteiger partial charge in [0.15, 0.2) is 0 Å². The Balaban J connectivity index is 2.95. The number of aliphatic hydroxyl groups excluding tert-OH is 1. The summed E-state index contributed by atoms with van der Waals surface area (Å²) in [7, 11) is 1.50. The van der Waals surface area contributed by atoms with Crippen LogP contribution in [0.4, 0.5) is 4.79 Å². The Hall–Kier alpha value is -0.810. The molecule has 0 rings (SSSR count). The van der Waals surface area contributed by atoms with Crippen LogP contribution in [0.15, 0.2) is 0 Å². The lowest BCUT2D eigenvalue weighted by molar-refractivity contribution is 0.0759. The summed E-state index contributed by atoms with van der Waals surface area (Å²) in [6, 6.07) is 0. The monoisotopic (exact) mass is 177 g/mol. The van der Waals surface area contributed by atoms with Gasteiger partial charge in [0.1, 0.15) is 0 Å². The number of carbonyl (C=O) groups excluding carboxylic acids is 1. The van der Waals surface area contributed by atoms with Gasteiger partial charge in [-0.25, -0.2) is 4.79 Å². The van der Waals surface area contributed by atoms with Crippen LogP contribution in [-0.2, 0) is 9.47 Å². The van der Waals surface area contributed by atoms with E-state index in [0.717, 1.165) is 0 Å². The first-order valence-corrected chi connectivity index (χ1v) is 3.84. The number of hydrogen-bond donors (Lipinski definition) is 2. The topological polar surface area (TPSA) is 67.8 Å². The van der Waals surface area contributed by atoms with Crippen molar-refractivity contribution < 1.29 is 19.4 Å². The molecule has 0 spiro atoms. The van der Waals surface area contributed by atoms with Crippen LogP contribution in [-0.4, -0.2) is 44.7 Å². The summed E-state index contributed by atoms with van der Waals surface area (Å²) in [5.41, 5.74) is 0. The SMILES string of the molecule is CNC(=O)OCCCOCCO. The van der Waals surface area contributed by atoms with Gasteiger partial charge in [0, 0.05) is 20.1 Å². The Morgan fingerprint density at radius 2 is 2.17 bits per heavy atom. The first-order valence-electron chi connectivity index (χ1n) is 3.84. The quantitative estimate of drug-likeness (QED) is 0.548. The third-order valence-electron chi connectivity index (χ3n) is 1.11. The average molecular weight is 177 g/mol. The van der Waals surface area contributed by atoms with Crippen molar-refractivity contribution in [2.75, 3.05) is 33.5 Å². The molecule has 0 aromatic rings. The third kappa shape index (κ3) is 7.30. The van der Waals surface area contributed by atoms with Gasteiger partial charge in [-0.3, -0.25) is 0 Å². The molecule has 0 aromatic heterocycles. The molecule has 5 nitrogen and oxygen atoms in total. The summed E-state index contributed by atoms with van der Waals surface area (Å²) < 4.78 is 9.62. The van der Waals surface area contributed by atoms with Gasteiger partial charge in [-0.2, -0.15) is 0 Å². The summed E-state index contributed by atoms with van der Waals surface area (Å²) in [5, 5.41) is 10.7. The highest BCUT2D eigenvalue weighted by Gasteiger charge is 1.95. The summed E-state index contributed by atoms with van der Waals surface area (Å²) in [6.07, 6.45) is 0.213. The Labute approximate surface area is 71.7 Å². The minimum Gasteiger partial charge on any atom is -0.449 e. The van der Waals surface area contributed by atoms with Crippen molar-refractivity contribution in [3.05, 3.63) is 0 Å². The van der Waals surface area contributed by atoms with Crippen LogP contribution in [0.3, 0.4) is 0 Å². The predicted octanol–water partition coefficient (Wildman–Crippen LogP) is -0.259. The zero-order valence-electron chi connectivity index (χ0n) is 7.21. The van der Waals surface area contributed by atoms with E-state index in [0.29, 0.717) is 26.2 Å². The molecule has 0 aliphatic heterocycles. The number of hydrogen-bond acceptors (Lipinski definition) is 4. The summed E-state index contributed by atoms with van der Waals surface area (Å²) >= 11 is 0. The van der Waals surface area contributed by atoms with Gasteiger partial charge in [0.2, 0.25) is 0 Å². The van der Waals surface area contributed by atoms with Gasteiger partial charge in [0.05, 0.1) is 19.8 Å². The minimum atomic E-state index is -0.433. The second-order valence-electron chi connectivity index (χ2n) is 2.08. The smallest absolute Gasteiger partial charge is 0.406 e. The molecular formula is C7H15NO4. The van der Waals surface area contributed by atoms with Crippen molar-refractivity contribution in [2.45, 2.75) is 6.42 Å². The molecule has 0 heterocycles. The van der Waals surface area contributed by atoms with Crippen molar-refractivity contribution in [2.24, 2.45) is 0 Å². The van der Waals surface area contributed by atoms with Crippen molar-refractivity contribution in [1.29, 1.82) is 0 Å². The van der Waals surface area contributed by atoms with Gasteiger partial charge in [-0.15, -0.1) is 0 Å². The van der Waals surface area contributed by atoms with E-state index in [1.165, 1.54) is 7.05 Å². The van der Waals surface area contributed by atoms with Gasteiger partial charge in [0.25, 0.3) is 0 Å². The van der Waals surface area contributed by atoms with E-state index < -0.39 is 6.09 Å². The molecule has 0 atom stereocenters. The highest BCUT2D eigenvalue weighted by molar-refractivity contribution is 5.66. The molecule has 0 bridgehead atoms. The van der Waals surface area contributed by atoms with Crippen LogP contribution in [0.2, 0.25) is 0 Å². The van der Waals surface area contributed by atoms with Crippen molar-refractivity contribution in [3.63, 3.8) is 0 Å². The molecule has 5 heteroatoms. The van der Waals surface area contributed by atoms with Gasteiger partial charge in [-0.1, -0.05) is 0 Å². The minimum absolute atomic E-state index is 0.0241. The van der Waals surface area contributed by atoms with Gasteiger partial charge < -0.3 is 19.9 Å². The Morgan fingerprint density at radius 3 is 2.75 bits per heavy atom. The molecule has 0 aromatic carbocycles. The van der Waals surface area contributed by atoms with Gasteiger partial charge >= 0.3 is 6.09 Å². The molecule has 0 radical (unpaired) electrons. The summed E-state index contributed by atoms with van der Waals surface area (Å²) in [6.45, 7) is 1.19. The van der Waals surface area contributed by atoms with E-state index in [1.54, 1.807) is 0 Å². The molecule has 0 aliphatic rings. The maximum atomic E-state index is 10.5. The maximum absolute atomic E-state index is 10.5. The standard InChI is InChI=1S/C7H15NO4/c1-8-7(10)12-5-2-4-11-6-3-9/h9H,2-6H2,1H3,(H,8,10). The number of aliphatic hydroxyl groups is 1. The molecule has 0 unspecified atom stereocenters. The number of ether oxygens (including phenoxy) is 2. The van der Waals surface area contributed by atoms with E-state index in [-0.39, 0.29) is 6.61 Å². The Morgan fingerprint density at radius 1 is 1.42 bits per heavy atom. The number of nitrogens with one attached hydrogen (secondary N) is 1. The molecule has 12 heavy (non-hydrogen) atoms. The summed E-state index contributed by atoms with van der Waals surface area (Å²) in [5.74, 6) is 0. The van der Waals surface area contributed by atoms with Crippen LogP contribution < -0.4 is 5.32 Å². The van der Waals surface area contributed by atoms with Gasteiger partial charge in [-0.05, 0) is 0 Å². The number of rotatable bonds is 6. The van der Waals surface area contributed by atoms with Crippen LogP contribution in [0.25, 0.3) is 0 Å². The predicted molar refractivity (Wildman–Crippen MR) is 42.9 cm³/mol. The Kier molecular flexibility index (Phi) is 7.73. The Bertz CT molecular complexity index is 118. The zero-order chi connectivity index (χ0) is 9.23. The van der Waals surface area contributed by atoms with Crippen molar-refractivity contribution in [3.8, 4) is 0 Å². The highest BCUT2D eigenvalue weighted by Crippen LogP contribution is 1.85. The normalized spacial score (nSPS) is 9.50. The van der Waals surface area contributed by atoms with E-state index in [2.05, 4.69) is 10.1 Å². The molecular weight excluding hydrogens is 162 g/mol. The van der Waals surface area contributed by atoms with Crippen molar-refractivity contribution in [1.82, 2.24) is 5.32 Å². The fourth-order valence-corrected chi connectivity index (χ4v) is 0.565. The first kappa shape index (κ1) is 11.2. The van der Waals surface area contributed by atoms with E-state index in [9.17, 15) is 4.79 Å². The lowest BCUT2D eigenvalue weighted by Gasteiger charge is -2.03. The molecule has 0 aliphatic carbocycles. The van der Waals surface area contributed by atoms with Crippen LogP contribution in [0.5, 0.6) is 0 Å². The van der Waals surface area contributed by atoms with Crippen LogP contribution in [0.1, 0.15) is 6.42 Å². The molecule has 0 saturated heterocycles. The number of carbonyl (C=O) groups is 1. The largest absolute Gasteiger partial charge is 0.449 e. The molecule has 0 fully saturated rings. The van der Waals surface area contributed by atoms with Crippen LogP contribution in [0, 0.1) is 0 Å². The zero-order valence-corrected chi connectivity index (χ0v) is 7.21. The van der Waals surface area contributed by atoms with E-state index in [4.69, 9.17) is 9.84 Å². The average Bonchev–Trinajstić information content (AvgIpc) is 2.10. The van der Waals surface area contributed by atoms with Crippen LogP contribution >= 0.6 is 0 Å². The second kappa shape index (κ2) is 8.29. The second-order valence-corrected chi connectivity index (χ2v) is 2.08. The highest BCUT2D eigenvalue weighted by atomic mass is 16.5. The molecule has 0 saturated carbocycles. The molecule has 1 amide bonds. The third-order valence-corrected chi connectivity index (χ3v) is 1.11. The number of alkyl carbamates (subject to hydrolysis) is 1. The maximum Gasteiger partial charge on any atom is 0.406 e.